The minimum Gasteiger partial charge on any atom is -0.495 e. The van der Waals surface area contributed by atoms with Crippen LogP contribution in [0.2, 0.25) is 0 Å². The van der Waals surface area contributed by atoms with E-state index in [0.29, 0.717) is 25.5 Å². The molecule has 1 aromatic rings. The normalized spacial score (nSPS) is 11.6. The van der Waals surface area contributed by atoms with E-state index in [4.69, 9.17) is 9.47 Å². The summed E-state index contributed by atoms with van der Waals surface area (Å²) >= 11 is 0. The molecule has 1 aromatic carbocycles. The Morgan fingerprint density at radius 2 is 2.00 bits per heavy atom. The van der Waals surface area contributed by atoms with Crippen molar-refractivity contribution >= 4 is 10.0 Å². The minimum atomic E-state index is -3.61. The van der Waals surface area contributed by atoms with Crippen LogP contribution in [0.15, 0.2) is 23.1 Å². The van der Waals surface area contributed by atoms with Crippen molar-refractivity contribution in [3.63, 3.8) is 0 Å². The van der Waals surface area contributed by atoms with Crippen molar-refractivity contribution in [3.05, 3.63) is 23.8 Å². The van der Waals surface area contributed by atoms with Crippen LogP contribution in [0.25, 0.3) is 0 Å². The Kier molecular flexibility index (Phi) is 7.66. The van der Waals surface area contributed by atoms with E-state index < -0.39 is 10.0 Å². The van der Waals surface area contributed by atoms with E-state index in [2.05, 4.69) is 10.0 Å². The quantitative estimate of drug-likeness (QED) is 0.633. The van der Waals surface area contributed by atoms with Gasteiger partial charge >= 0.3 is 0 Å². The van der Waals surface area contributed by atoms with E-state index in [9.17, 15) is 8.42 Å². The van der Waals surface area contributed by atoms with Gasteiger partial charge in [0.25, 0.3) is 0 Å². The zero-order valence-corrected chi connectivity index (χ0v) is 13.6. The van der Waals surface area contributed by atoms with Gasteiger partial charge in [-0.05, 0) is 31.2 Å². The van der Waals surface area contributed by atoms with Crippen LogP contribution >= 0.6 is 0 Å². The molecule has 0 unspecified atom stereocenters. The number of rotatable bonds is 10. The Labute approximate surface area is 126 Å². The maximum absolute atomic E-state index is 12.3. The molecule has 6 nitrogen and oxygen atoms in total. The van der Waals surface area contributed by atoms with Crippen molar-refractivity contribution in [2.45, 2.75) is 25.3 Å². The van der Waals surface area contributed by atoms with Crippen LogP contribution in [0.5, 0.6) is 5.75 Å². The first-order chi connectivity index (χ1) is 10.0. The highest BCUT2D eigenvalue weighted by Crippen LogP contribution is 2.24. The molecule has 0 aromatic heterocycles. The molecule has 0 aliphatic rings. The molecule has 0 atom stereocenters. The molecule has 7 heteroatoms. The van der Waals surface area contributed by atoms with Gasteiger partial charge in [0.2, 0.25) is 10.0 Å². The van der Waals surface area contributed by atoms with Gasteiger partial charge in [-0.3, -0.25) is 0 Å². The number of methoxy groups -OCH3 is 1. The van der Waals surface area contributed by atoms with Gasteiger partial charge in [0.1, 0.15) is 10.6 Å². The topological polar surface area (TPSA) is 76.7 Å². The highest BCUT2D eigenvalue weighted by Gasteiger charge is 2.19. The Hall–Kier alpha value is -1.15. The second kappa shape index (κ2) is 8.99. The second-order valence-corrected chi connectivity index (χ2v) is 6.10. The Bertz CT molecular complexity index is 532. The molecule has 0 aliphatic carbocycles. The summed E-state index contributed by atoms with van der Waals surface area (Å²) in [7, 11) is -2.16. The molecule has 21 heavy (non-hydrogen) atoms. The third kappa shape index (κ3) is 5.62. The first kappa shape index (κ1) is 17.9. The molecule has 0 saturated carbocycles. The van der Waals surface area contributed by atoms with Crippen molar-refractivity contribution in [2.75, 3.05) is 33.4 Å². The van der Waals surface area contributed by atoms with Gasteiger partial charge in [-0.25, -0.2) is 13.1 Å². The standard InChI is InChI=1S/C14H24N2O4S/c1-4-15-11-12-6-7-13(19-3)14(10-12)21(17,18)16-8-9-20-5-2/h6-7,10,15-16H,4-5,8-9,11H2,1-3H3. The fourth-order valence-corrected chi connectivity index (χ4v) is 3.01. The molecule has 0 heterocycles. The van der Waals surface area contributed by atoms with E-state index in [0.717, 1.165) is 12.1 Å². The van der Waals surface area contributed by atoms with E-state index in [-0.39, 0.29) is 11.4 Å². The van der Waals surface area contributed by atoms with Crippen LogP contribution in [0.4, 0.5) is 0 Å². The predicted molar refractivity (Wildman–Crippen MR) is 82.1 cm³/mol. The molecule has 0 bridgehead atoms. The monoisotopic (exact) mass is 316 g/mol. The molecule has 2 N–H and O–H groups in total. The lowest BCUT2D eigenvalue weighted by Crippen LogP contribution is -2.28. The fourth-order valence-electron chi connectivity index (χ4n) is 1.78. The Balaban J connectivity index is 2.90. The number of benzene rings is 1. The van der Waals surface area contributed by atoms with Gasteiger partial charge in [0, 0.05) is 19.7 Å². The maximum atomic E-state index is 12.3. The van der Waals surface area contributed by atoms with Crippen LogP contribution in [-0.2, 0) is 21.3 Å². The van der Waals surface area contributed by atoms with E-state index in [1.54, 1.807) is 12.1 Å². The Morgan fingerprint density at radius 1 is 1.24 bits per heavy atom. The fraction of sp³-hybridized carbons (Fsp3) is 0.571. The first-order valence-corrected chi connectivity index (χ1v) is 8.48. The number of hydrogen-bond donors (Lipinski definition) is 2. The van der Waals surface area contributed by atoms with Gasteiger partial charge in [0.15, 0.2) is 0 Å². The van der Waals surface area contributed by atoms with Crippen LogP contribution < -0.4 is 14.8 Å². The minimum absolute atomic E-state index is 0.150. The van der Waals surface area contributed by atoms with Gasteiger partial charge in [-0.15, -0.1) is 0 Å². The number of sulfonamides is 1. The van der Waals surface area contributed by atoms with Crippen molar-refractivity contribution in [1.29, 1.82) is 0 Å². The molecule has 0 spiro atoms. The summed E-state index contributed by atoms with van der Waals surface area (Å²) in [6.07, 6.45) is 0. The van der Waals surface area contributed by atoms with Crippen molar-refractivity contribution < 1.29 is 17.9 Å². The summed E-state index contributed by atoms with van der Waals surface area (Å²) in [6, 6.07) is 5.15. The highest BCUT2D eigenvalue weighted by molar-refractivity contribution is 7.89. The van der Waals surface area contributed by atoms with Crippen molar-refractivity contribution in [1.82, 2.24) is 10.0 Å². The smallest absolute Gasteiger partial charge is 0.244 e. The lowest BCUT2D eigenvalue weighted by molar-refractivity contribution is 0.153. The molecule has 0 saturated heterocycles. The molecule has 0 aliphatic heterocycles. The van der Waals surface area contributed by atoms with Crippen LogP contribution in [0.3, 0.4) is 0 Å². The third-order valence-electron chi connectivity index (χ3n) is 2.84. The highest BCUT2D eigenvalue weighted by atomic mass is 32.2. The summed E-state index contributed by atoms with van der Waals surface area (Å²) in [5.74, 6) is 0.333. The van der Waals surface area contributed by atoms with Gasteiger partial charge < -0.3 is 14.8 Å². The largest absolute Gasteiger partial charge is 0.495 e. The van der Waals surface area contributed by atoms with Gasteiger partial charge in [0.05, 0.1) is 13.7 Å². The van der Waals surface area contributed by atoms with Crippen molar-refractivity contribution in [3.8, 4) is 5.75 Å². The molecular formula is C14H24N2O4S. The summed E-state index contributed by atoms with van der Waals surface area (Å²) in [6.45, 7) is 6.43. The molecule has 0 amide bonds. The summed E-state index contributed by atoms with van der Waals surface area (Å²) in [4.78, 5) is 0.150. The zero-order chi connectivity index (χ0) is 15.7. The van der Waals surface area contributed by atoms with E-state index >= 15 is 0 Å². The van der Waals surface area contributed by atoms with Crippen molar-refractivity contribution in [2.24, 2.45) is 0 Å². The zero-order valence-electron chi connectivity index (χ0n) is 12.8. The molecule has 0 fully saturated rings. The summed E-state index contributed by atoms with van der Waals surface area (Å²) in [5.41, 5.74) is 0.892. The van der Waals surface area contributed by atoms with Crippen LogP contribution in [0.1, 0.15) is 19.4 Å². The van der Waals surface area contributed by atoms with E-state index in [1.165, 1.54) is 7.11 Å². The molecule has 0 radical (unpaired) electrons. The Morgan fingerprint density at radius 3 is 2.62 bits per heavy atom. The number of hydrogen-bond acceptors (Lipinski definition) is 5. The predicted octanol–water partition coefficient (Wildman–Crippen LogP) is 1.12. The summed E-state index contributed by atoms with van der Waals surface area (Å²) < 4.78 is 37.5. The molecular weight excluding hydrogens is 292 g/mol. The number of ether oxygens (including phenoxy) is 2. The maximum Gasteiger partial charge on any atom is 0.244 e. The van der Waals surface area contributed by atoms with Crippen LogP contribution in [0, 0.1) is 0 Å². The third-order valence-corrected chi connectivity index (χ3v) is 4.32. The average molecular weight is 316 g/mol. The van der Waals surface area contributed by atoms with E-state index in [1.807, 2.05) is 19.9 Å². The SMILES string of the molecule is CCNCc1ccc(OC)c(S(=O)(=O)NCCOCC)c1. The lowest BCUT2D eigenvalue weighted by atomic mass is 10.2. The summed E-state index contributed by atoms with van der Waals surface area (Å²) in [5, 5.41) is 3.16. The number of nitrogens with one attached hydrogen (secondary N) is 2. The molecule has 1 rings (SSSR count). The van der Waals surface area contributed by atoms with Gasteiger partial charge in [-0.1, -0.05) is 13.0 Å². The molecule has 120 valence electrons. The second-order valence-electron chi connectivity index (χ2n) is 4.36. The average Bonchev–Trinajstić information content (AvgIpc) is 2.49. The van der Waals surface area contributed by atoms with Crippen LogP contribution in [-0.4, -0.2) is 41.8 Å². The first-order valence-electron chi connectivity index (χ1n) is 7.00. The lowest BCUT2D eigenvalue weighted by Gasteiger charge is -2.12. The van der Waals surface area contributed by atoms with Gasteiger partial charge in [-0.2, -0.15) is 0 Å².